The van der Waals surface area contributed by atoms with Gasteiger partial charge in [0.15, 0.2) is 5.16 Å². The van der Waals surface area contributed by atoms with Gasteiger partial charge in [-0.25, -0.2) is 4.98 Å². The van der Waals surface area contributed by atoms with Crippen LogP contribution in [0.3, 0.4) is 0 Å². The number of allylic oxidation sites excluding steroid dienone is 2. The maximum Gasteiger partial charge on any atom is 0.163 e. The molecule has 0 aliphatic rings. The molecule has 0 saturated carbocycles. The quantitative estimate of drug-likeness (QED) is 0.616. The van der Waals surface area contributed by atoms with E-state index in [-0.39, 0.29) is 0 Å². The van der Waals surface area contributed by atoms with Gasteiger partial charge in [-0.3, -0.25) is 0 Å². The molecule has 0 fully saturated rings. The summed E-state index contributed by atoms with van der Waals surface area (Å²) < 4.78 is 0. The van der Waals surface area contributed by atoms with E-state index in [0.717, 1.165) is 10.7 Å². The number of aromatic nitrogens is 2. The van der Waals surface area contributed by atoms with E-state index >= 15 is 0 Å². The molecule has 0 radical (unpaired) electrons. The molecule has 1 N–H and O–H groups in total. The molecular formula is C9H12N2S. The molecule has 0 aromatic carbocycles. The number of imidazole rings is 1. The van der Waals surface area contributed by atoms with Crippen molar-refractivity contribution in [2.45, 2.75) is 19.0 Å². The number of H-pyrrole nitrogens is 1. The lowest BCUT2D eigenvalue weighted by atomic mass is 10.3. The predicted octanol–water partition coefficient (Wildman–Crippen LogP) is 0.855. The zero-order valence-corrected chi connectivity index (χ0v) is 8.15. The molecule has 1 aromatic rings. The summed E-state index contributed by atoms with van der Waals surface area (Å²) in [5.74, 6) is 0. The summed E-state index contributed by atoms with van der Waals surface area (Å²) in [4.78, 5) is 7.07. The molecule has 0 unspecified atom stereocenters. The van der Waals surface area contributed by atoms with Crippen LogP contribution in [0.15, 0.2) is 16.8 Å². The minimum absolute atomic E-state index is 0.607. The van der Waals surface area contributed by atoms with Crippen molar-refractivity contribution in [1.82, 2.24) is 9.97 Å². The highest BCUT2D eigenvalue weighted by molar-refractivity contribution is 7.80. The van der Waals surface area contributed by atoms with Crippen LogP contribution < -0.4 is 10.7 Å². The number of hydrogen-bond acceptors (Lipinski definition) is 2. The number of aromatic amines is 1. The minimum Gasteiger partial charge on any atom is -0.334 e. The Hall–Kier alpha value is -0.960. The fourth-order valence-electron chi connectivity index (χ4n) is 0.827. The van der Waals surface area contributed by atoms with Crippen LogP contribution in [0.4, 0.5) is 0 Å². The van der Waals surface area contributed by atoms with Crippen LogP contribution in [0.1, 0.15) is 13.8 Å². The summed E-state index contributed by atoms with van der Waals surface area (Å²) in [6.07, 6.45) is 3.99. The molecule has 0 atom stereocenters. The normalized spacial score (nSPS) is 13.9. The first-order valence-corrected chi connectivity index (χ1v) is 4.16. The SMILES string of the molecule is C=c1[nH]c(S)n/c1=C/C(C)=C\C. The van der Waals surface area contributed by atoms with E-state index in [1.807, 2.05) is 26.0 Å². The van der Waals surface area contributed by atoms with Gasteiger partial charge in [0.2, 0.25) is 0 Å². The van der Waals surface area contributed by atoms with Gasteiger partial charge in [-0.1, -0.05) is 18.2 Å². The summed E-state index contributed by atoms with van der Waals surface area (Å²) >= 11 is 4.08. The first-order valence-electron chi connectivity index (χ1n) is 3.72. The lowest BCUT2D eigenvalue weighted by Gasteiger charge is -1.83. The second kappa shape index (κ2) is 3.63. The lowest BCUT2D eigenvalue weighted by molar-refractivity contribution is 1.05. The number of nitrogens with zero attached hydrogens (tertiary/aromatic N) is 1. The van der Waals surface area contributed by atoms with Gasteiger partial charge >= 0.3 is 0 Å². The third-order valence-electron chi connectivity index (χ3n) is 1.62. The molecule has 0 bridgehead atoms. The third-order valence-corrected chi connectivity index (χ3v) is 1.83. The third kappa shape index (κ3) is 2.01. The highest BCUT2D eigenvalue weighted by atomic mass is 32.1. The number of thiol groups is 1. The van der Waals surface area contributed by atoms with Gasteiger partial charge in [-0.15, -0.1) is 12.6 Å². The molecule has 64 valence electrons. The largest absolute Gasteiger partial charge is 0.334 e. The maximum absolute atomic E-state index is 4.15. The Balaban J connectivity index is 3.28. The summed E-state index contributed by atoms with van der Waals surface area (Å²) in [5.41, 5.74) is 1.17. The molecule has 1 rings (SSSR count). The molecule has 1 heterocycles. The highest BCUT2D eigenvalue weighted by Crippen LogP contribution is 1.91. The van der Waals surface area contributed by atoms with Crippen LogP contribution >= 0.6 is 12.6 Å². The Labute approximate surface area is 77.1 Å². The van der Waals surface area contributed by atoms with E-state index in [1.54, 1.807) is 0 Å². The number of rotatable bonds is 1. The van der Waals surface area contributed by atoms with Gasteiger partial charge < -0.3 is 4.98 Å². The van der Waals surface area contributed by atoms with E-state index in [9.17, 15) is 0 Å². The maximum atomic E-state index is 4.15. The molecule has 0 spiro atoms. The van der Waals surface area contributed by atoms with Gasteiger partial charge in [-0.05, 0) is 19.9 Å². The molecule has 0 aliphatic carbocycles. The van der Waals surface area contributed by atoms with Gasteiger partial charge in [0.1, 0.15) is 0 Å². The summed E-state index contributed by atoms with van der Waals surface area (Å²) in [7, 11) is 0. The van der Waals surface area contributed by atoms with E-state index in [2.05, 4.69) is 29.2 Å². The van der Waals surface area contributed by atoms with E-state index in [4.69, 9.17) is 0 Å². The zero-order valence-electron chi connectivity index (χ0n) is 7.26. The standard InChI is InChI=1S/C9H12N2S/c1-4-6(2)5-8-7(3)10-9(12)11-8/h4-5H,3H2,1-2H3,(H2,10,11,12)/b6-4-,8-5+. The molecule has 0 amide bonds. The fourth-order valence-corrected chi connectivity index (χ4v) is 1.07. The second-order valence-electron chi connectivity index (χ2n) is 2.60. The first kappa shape index (κ1) is 9.13. The zero-order chi connectivity index (χ0) is 9.14. The Morgan fingerprint density at radius 3 is 2.75 bits per heavy atom. The summed E-state index contributed by atoms with van der Waals surface area (Å²) in [5, 5.41) is 2.27. The van der Waals surface area contributed by atoms with Crippen molar-refractivity contribution < 1.29 is 0 Å². The van der Waals surface area contributed by atoms with Crippen LogP contribution in [0.25, 0.3) is 12.7 Å². The van der Waals surface area contributed by atoms with Crippen molar-refractivity contribution in [3.05, 3.63) is 22.3 Å². The van der Waals surface area contributed by atoms with Crippen molar-refractivity contribution in [2.24, 2.45) is 0 Å². The van der Waals surface area contributed by atoms with Crippen molar-refractivity contribution in [1.29, 1.82) is 0 Å². The monoisotopic (exact) mass is 180 g/mol. The van der Waals surface area contributed by atoms with Crippen LogP contribution in [0.5, 0.6) is 0 Å². The Kier molecular flexibility index (Phi) is 2.76. The van der Waals surface area contributed by atoms with E-state index in [0.29, 0.717) is 5.16 Å². The molecule has 3 heteroatoms. The number of hydrogen-bond donors (Lipinski definition) is 2. The fraction of sp³-hybridized carbons (Fsp3) is 0.222. The van der Waals surface area contributed by atoms with Crippen LogP contribution in [-0.4, -0.2) is 9.97 Å². The molecule has 0 aliphatic heterocycles. The summed E-state index contributed by atoms with van der Waals surface area (Å²) in [6, 6.07) is 0. The van der Waals surface area contributed by atoms with Crippen molar-refractivity contribution >= 4 is 25.3 Å². The number of nitrogens with one attached hydrogen (secondary N) is 1. The molecule has 1 aromatic heterocycles. The van der Waals surface area contributed by atoms with Gasteiger partial charge in [0.05, 0.1) is 10.7 Å². The van der Waals surface area contributed by atoms with Crippen LogP contribution in [-0.2, 0) is 0 Å². The van der Waals surface area contributed by atoms with Crippen molar-refractivity contribution in [3.8, 4) is 0 Å². The topological polar surface area (TPSA) is 28.7 Å². The molecule has 0 saturated heterocycles. The average Bonchev–Trinajstić information content (AvgIpc) is 2.30. The second-order valence-corrected chi connectivity index (χ2v) is 3.02. The Morgan fingerprint density at radius 2 is 2.33 bits per heavy atom. The van der Waals surface area contributed by atoms with Crippen molar-refractivity contribution in [3.63, 3.8) is 0 Å². The van der Waals surface area contributed by atoms with E-state index < -0.39 is 0 Å². The van der Waals surface area contributed by atoms with Crippen LogP contribution in [0, 0.1) is 0 Å². The van der Waals surface area contributed by atoms with Crippen molar-refractivity contribution in [2.75, 3.05) is 0 Å². The van der Waals surface area contributed by atoms with E-state index in [1.165, 1.54) is 5.57 Å². The van der Waals surface area contributed by atoms with Crippen LogP contribution in [0.2, 0.25) is 0 Å². The van der Waals surface area contributed by atoms with Gasteiger partial charge in [0, 0.05) is 0 Å². The van der Waals surface area contributed by atoms with Gasteiger partial charge in [-0.2, -0.15) is 0 Å². The highest BCUT2D eigenvalue weighted by Gasteiger charge is 1.90. The Bertz CT molecular complexity index is 401. The van der Waals surface area contributed by atoms with Gasteiger partial charge in [0.25, 0.3) is 0 Å². The molecule has 2 nitrogen and oxygen atoms in total. The lowest BCUT2D eigenvalue weighted by Crippen LogP contribution is -2.22. The minimum atomic E-state index is 0.607. The average molecular weight is 180 g/mol. The smallest absolute Gasteiger partial charge is 0.163 e. The Morgan fingerprint density at radius 1 is 1.67 bits per heavy atom. The summed E-state index contributed by atoms with van der Waals surface area (Å²) in [6.45, 7) is 7.81. The predicted molar refractivity (Wildman–Crippen MR) is 54.5 cm³/mol. The first-order chi connectivity index (χ1) is 5.63. The molecular weight excluding hydrogens is 168 g/mol. The molecule has 12 heavy (non-hydrogen) atoms.